The number of piperazine rings is 1. The van der Waals surface area contributed by atoms with E-state index in [9.17, 15) is 13.2 Å². The van der Waals surface area contributed by atoms with Gasteiger partial charge in [-0.2, -0.15) is 0 Å². The monoisotopic (exact) mass is 476 g/mol. The number of carbonyl (C=O) groups excluding carboxylic acids is 1. The molecule has 0 saturated carbocycles. The second-order valence-electron chi connectivity index (χ2n) is 7.22. The van der Waals surface area contributed by atoms with Crippen LogP contribution >= 0.6 is 22.9 Å². The Morgan fingerprint density at radius 3 is 2.45 bits per heavy atom. The summed E-state index contributed by atoms with van der Waals surface area (Å²) in [5.74, 6) is -0.0949. The highest BCUT2D eigenvalue weighted by molar-refractivity contribution is 7.90. The fourth-order valence-electron chi connectivity index (χ4n) is 3.34. The molecule has 0 atom stereocenters. The van der Waals surface area contributed by atoms with Crippen molar-refractivity contribution in [2.75, 3.05) is 42.7 Å². The van der Waals surface area contributed by atoms with E-state index in [1.165, 1.54) is 29.7 Å². The highest BCUT2D eigenvalue weighted by Gasteiger charge is 2.24. The molecule has 2 aromatic carbocycles. The summed E-state index contributed by atoms with van der Waals surface area (Å²) in [7, 11) is -3.24. The van der Waals surface area contributed by atoms with Gasteiger partial charge in [-0.3, -0.25) is 4.79 Å². The van der Waals surface area contributed by atoms with E-state index in [1.54, 1.807) is 22.4 Å². The van der Waals surface area contributed by atoms with Crippen LogP contribution in [0.5, 0.6) is 0 Å². The number of carbonyl (C=O) groups is 1. The maximum Gasteiger partial charge on any atom is 0.273 e. The first-order valence-corrected chi connectivity index (χ1v) is 12.8. The van der Waals surface area contributed by atoms with Gasteiger partial charge < -0.3 is 15.1 Å². The predicted octanol–water partition coefficient (Wildman–Crippen LogP) is 3.91. The minimum Gasteiger partial charge on any atom is -0.368 e. The first kappa shape index (κ1) is 21.6. The molecule has 3 aromatic rings. The molecule has 31 heavy (non-hydrogen) atoms. The Labute approximate surface area is 190 Å². The molecule has 0 radical (unpaired) electrons. The topological polar surface area (TPSA) is 82.6 Å². The number of hydrogen-bond acceptors (Lipinski definition) is 7. The minimum absolute atomic E-state index is 0.0949. The van der Waals surface area contributed by atoms with Gasteiger partial charge in [-0.1, -0.05) is 17.7 Å². The lowest BCUT2D eigenvalue weighted by Crippen LogP contribution is -2.48. The van der Waals surface area contributed by atoms with E-state index in [1.807, 2.05) is 24.3 Å². The van der Waals surface area contributed by atoms with Crippen LogP contribution in [-0.2, 0) is 9.84 Å². The molecule has 0 aliphatic carbocycles. The number of nitrogens with one attached hydrogen (secondary N) is 1. The van der Waals surface area contributed by atoms with E-state index in [2.05, 4.69) is 15.2 Å². The zero-order chi connectivity index (χ0) is 22.0. The van der Waals surface area contributed by atoms with Crippen LogP contribution < -0.4 is 10.2 Å². The number of aromatic nitrogens is 1. The van der Waals surface area contributed by atoms with Gasteiger partial charge in [0.2, 0.25) is 0 Å². The van der Waals surface area contributed by atoms with Crippen LogP contribution in [-0.4, -0.2) is 56.6 Å². The van der Waals surface area contributed by atoms with Crippen LogP contribution in [0.15, 0.2) is 58.8 Å². The van der Waals surface area contributed by atoms with E-state index in [0.29, 0.717) is 34.6 Å². The molecule has 10 heteroatoms. The van der Waals surface area contributed by atoms with Crippen molar-refractivity contribution in [1.29, 1.82) is 0 Å². The maximum atomic E-state index is 12.9. The first-order valence-electron chi connectivity index (χ1n) is 9.62. The molecule has 1 aliphatic rings. The predicted molar refractivity (Wildman–Crippen MR) is 125 cm³/mol. The molecule has 0 bridgehead atoms. The van der Waals surface area contributed by atoms with E-state index in [-0.39, 0.29) is 10.8 Å². The fourth-order valence-corrected chi connectivity index (χ4v) is 4.86. The van der Waals surface area contributed by atoms with Gasteiger partial charge in [0.1, 0.15) is 5.69 Å². The van der Waals surface area contributed by atoms with Crippen molar-refractivity contribution in [3.8, 4) is 0 Å². The maximum absolute atomic E-state index is 12.9. The number of halogens is 1. The normalized spacial score (nSPS) is 14.5. The molecule has 0 unspecified atom stereocenters. The van der Waals surface area contributed by atoms with E-state index in [4.69, 9.17) is 11.6 Å². The third-order valence-corrected chi connectivity index (χ3v) is 7.12. The lowest BCUT2D eigenvalue weighted by Gasteiger charge is -2.35. The Kier molecular flexibility index (Phi) is 6.17. The Balaban J connectivity index is 1.36. The smallest absolute Gasteiger partial charge is 0.273 e. The number of benzene rings is 2. The van der Waals surface area contributed by atoms with Crippen molar-refractivity contribution in [1.82, 2.24) is 9.88 Å². The zero-order valence-electron chi connectivity index (χ0n) is 16.8. The van der Waals surface area contributed by atoms with E-state index in [0.717, 1.165) is 18.8 Å². The number of hydrogen-bond donors (Lipinski definition) is 1. The third-order valence-electron chi connectivity index (χ3n) is 5.00. The standard InChI is InChI=1S/C21H21ClN4O3S2/c1-31(28,29)18-7-5-16(6-8-18)23-21-24-19(14-30-21)20(27)26-11-9-25(10-12-26)17-4-2-3-15(22)13-17/h2-8,13-14H,9-12H2,1H3,(H,23,24). The van der Waals surface area contributed by atoms with E-state index >= 15 is 0 Å². The van der Waals surface area contributed by atoms with E-state index < -0.39 is 9.84 Å². The average molecular weight is 477 g/mol. The van der Waals surface area contributed by atoms with Crippen molar-refractivity contribution >= 4 is 55.2 Å². The molecule has 1 aliphatic heterocycles. The van der Waals surface area contributed by atoms with Crippen molar-refractivity contribution in [3.05, 3.63) is 64.6 Å². The molecular weight excluding hydrogens is 456 g/mol. The fraction of sp³-hybridized carbons (Fsp3) is 0.238. The van der Waals surface area contributed by atoms with Gasteiger partial charge in [0.15, 0.2) is 15.0 Å². The summed E-state index contributed by atoms with van der Waals surface area (Å²) in [4.78, 5) is 21.5. The molecule has 1 fully saturated rings. The zero-order valence-corrected chi connectivity index (χ0v) is 19.2. The van der Waals surface area contributed by atoms with Crippen LogP contribution in [0.25, 0.3) is 0 Å². The quantitative estimate of drug-likeness (QED) is 0.601. The van der Waals surface area contributed by atoms with Crippen LogP contribution in [0, 0.1) is 0 Å². The van der Waals surface area contributed by atoms with Gasteiger partial charge >= 0.3 is 0 Å². The highest BCUT2D eigenvalue weighted by Crippen LogP contribution is 2.24. The van der Waals surface area contributed by atoms with Gasteiger partial charge in [0, 0.05) is 54.2 Å². The van der Waals surface area contributed by atoms with Gasteiger partial charge in [-0.05, 0) is 42.5 Å². The summed E-state index contributed by atoms with van der Waals surface area (Å²) in [5.41, 5.74) is 2.16. The van der Waals surface area contributed by atoms with Crippen molar-refractivity contribution < 1.29 is 13.2 Å². The van der Waals surface area contributed by atoms with Crippen LogP contribution in [0.2, 0.25) is 5.02 Å². The number of sulfone groups is 1. The summed E-state index contributed by atoms with van der Waals surface area (Å²) in [6, 6.07) is 14.1. The largest absolute Gasteiger partial charge is 0.368 e. The SMILES string of the molecule is CS(=O)(=O)c1ccc(Nc2nc(C(=O)N3CCN(c4cccc(Cl)c4)CC3)cs2)cc1. The molecule has 0 spiro atoms. The van der Waals surface area contributed by atoms with Crippen LogP contribution in [0.4, 0.5) is 16.5 Å². The minimum atomic E-state index is -3.24. The summed E-state index contributed by atoms with van der Waals surface area (Å²) in [6.07, 6.45) is 1.17. The molecule has 162 valence electrons. The molecule has 2 heterocycles. The summed E-state index contributed by atoms with van der Waals surface area (Å²) in [5, 5.41) is 6.13. The van der Waals surface area contributed by atoms with Gasteiger partial charge in [-0.25, -0.2) is 13.4 Å². The van der Waals surface area contributed by atoms with Gasteiger partial charge in [-0.15, -0.1) is 11.3 Å². The number of rotatable bonds is 5. The Bertz CT molecular complexity index is 1190. The molecule has 4 rings (SSSR count). The Hall–Kier alpha value is -2.62. The number of thiazole rings is 1. The molecule has 1 saturated heterocycles. The summed E-state index contributed by atoms with van der Waals surface area (Å²) in [6.45, 7) is 2.68. The van der Waals surface area contributed by atoms with Crippen LogP contribution in [0.1, 0.15) is 10.5 Å². The molecule has 1 N–H and O–H groups in total. The van der Waals surface area contributed by atoms with Gasteiger partial charge in [0.05, 0.1) is 4.90 Å². The van der Waals surface area contributed by atoms with Crippen molar-refractivity contribution in [3.63, 3.8) is 0 Å². The summed E-state index contributed by atoms with van der Waals surface area (Å²) >= 11 is 7.41. The number of anilines is 3. The van der Waals surface area contributed by atoms with Crippen molar-refractivity contribution in [2.24, 2.45) is 0 Å². The Morgan fingerprint density at radius 1 is 1.10 bits per heavy atom. The number of amides is 1. The highest BCUT2D eigenvalue weighted by atomic mass is 35.5. The number of nitrogens with zero attached hydrogens (tertiary/aromatic N) is 3. The lowest BCUT2D eigenvalue weighted by molar-refractivity contribution is 0.0742. The molecule has 1 amide bonds. The first-order chi connectivity index (χ1) is 14.8. The van der Waals surface area contributed by atoms with Gasteiger partial charge in [0.25, 0.3) is 5.91 Å². The molecular formula is C21H21ClN4O3S2. The second kappa shape index (κ2) is 8.86. The second-order valence-corrected chi connectivity index (χ2v) is 10.5. The van der Waals surface area contributed by atoms with Crippen molar-refractivity contribution in [2.45, 2.75) is 4.90 Å². The van der Waals surface area contributed by atoms with Crippen LogP contribution in [0.3, 0.4) is 0 Å². The molecule has 1 aromatic heterocycles. The lowest BCUT2D eigenvalue weighted by atomic mass is 10.2. The average Bonchev–Trinajstić information content (AvgIpc) is 3.21. The summed E-state index contributed by atoms with van der Waals surface area (Å²) < 4.78 is 23.1. The molecule has 7 nitrogen and oxygen atoms in total. The Morgan fingerprint density at radius 2 is 1.81 bits per heavy atom. The third kappa shape index (κ3) is 5.17.